The second-order valence-corrected chi connectivity index (χ2v) is 5.69. The van der Waals surface area contributed by atoms with Gasteiger partial charge < -0.3 is 15.6 Å². The summed E-state index contributed by atoms with van der Waals surface area (Å²) in [4.78, 5) is 18.3. The highest BCUT2D eigenvalue weighted by Crippen LogP contribution is 2.19. The third-order valence-electron chi connectivity index (χ3n) is 2.76. The smallest absolute Gasteiger partial charge is 0.347 e. The van der Waals surface area contributed by atoms with Gasteiger partial charge in [0.15, 0.2) is 0 Å². The minimum Gasteiger partial charge on any atom is -0.369 e. The van der Waals surface area contributed by atoms with E-state index in [1.54, 1.807) is 0 Å². The van der Waals surface area contributed by atoms with E-state index in [-0.39, 0.29) is 11.1 Å². The highest BCUT2D eigenvalue weighted by atomic mass is 16.1. The van der Waals surface area contributed by atoms with Crippen molar-refractivity contribution in [1.29, 1.82) is 0 Å². The van der Waals surface area contributed by atoms with Gasteiger partial charge in [-0.05, 0) is 5.41 Å². The van der Waals surface area contributed by atoms with E-state index in [9.17, 15) is 4.79 Å². The molecule has 2 rings (SSSR count). The zero-order valence-corrected chi connectivity index (χ0v) is 10.7. The van der Waals surface area contributed by atoms with Crippen LogP contribution in [0.3, 0.4) is 0 Å². The molecule has 0 saturated carbocycles. The van der Waals surface area contributed by atoms with Gasteiger partial charge in [0, 0.05) is 37.3 Å². The topological polar surface area (TPSA) is 69.8 Å². The van der Waals surface area contributed by atoms with Gasteiger partial charge in [-0.1, -0.05) is 20.8 Å². The van der Waals surface area contributed by atoms with Crippen molar-refractivity contribution in [2.75, 3.05) is 18.4 Å². The number of nitrogens with zero attached hydrogens (tertiary/aromatic N) is 1. The predicted molar refractivity (Wildman–Crippen MR) is 68.2 cm³/mol. The van der Waals surface area contributed by atoms with E-state index in [1.165, 1.54) is 0 Å². The van der Waals surface area contributed by atoms with E-state index in [2.05, 4.69) is 41.4 Å². The molecule has 2 heterocycles. The molecule has 0 spiro atoms. The molecule has 0 saturated heterocycles. The molecule has 1 aromatic heterocycles. The standard InChI is InChI=1S/C12H20N4O/c1-12(2,3)7-14-10-8-6-13-5-4-9(8)15-11(17)16-10/h13H,4-7H2,1-3H3,(H2,14,15,16,17). The fraction of sp³-hybridized carbons (Fsp3) is 0.667. The molecule has 0 amide bonds. The molecule has 0 unspecified atom stereocenters. The van der Waals surface area contributed by atoms with Gasteiger partial charge in [-0.3, -0.25) is 0 Å². The van der Waals surface area contributed by atoms with Crippen LogP contribution in [-0.2, 0) is 13.0 Å². The van der Waals surface area contributed by atoms with Crippen molar-refractivity contribution >= 4 is 5.82 Å². The first-order valence-corrected chi connectivity index (χ1v) is 6.02. The van der Waals surface area contributed by atoms with Gasteiger partial charge in [0.2, 0.25) is 0 Å². The van der Waals surface area contributed by atoms with E-state index >= 15 is 0 Å². The lowest BCUT2D eigenvalue weighted by molar-refractivity contribution is 0.442. The van der Waals surface area contributed by atoms with Crippen LogP contribution in [0.2, 0.25) is 0 Å². The quantitative estimate of drug-likeness (QED) is 0.713. The van der Waals surface area contributed by atoms with Crippen LogP contribution in [0, 0.1) is 5.41 Å². The lowest BCUT2D eigenvalue weighted by atomic mass is 9.97. The number of hydrogen-bond donors (Lipinski definition) is 3. The Bertz CT molecular complexity index is 459. The fourth-order valence-corrected chi connectivity index (χ4v) is 1.87. The Kier molecular flexibility index (Phi) is 3.19. The van der Waals surface area contributed by atoms with Gasteiger partial charge in [-0.2, -0.15) is 4.98 Å². The van der Waals surface area contributed by atoms with Crippen LogP contribution in [0.25, 0.3) is 0 Å². The highest BCUT2D eigenvalue weighted by Gasteiger charge is 2.17. The molecular formula is C12H20N4O. The van der Waals surface area contributed by atoms with Crippen LogP contribution in [0.5, 0.6) is 0 Å². The number of rotatable bonds is 2. The normalized spacial score (nSPS) is 15.5. The molecule has 0 fully saturated rings. The van der Waals surface area contributed by atoms with Crippen molar-refractivity contribution in [3.8, 4) is 0 Å². The number of H-pyrrole nitrogens is 1. The van der Waals surface area contributed by atoms with Gasteiger partial charge in [0.25, 0.3) is 0 Å². The van der Waals surface area contributed by atoms with Crippen molar-refractivity contribution in [2.24, 2.45) is 5.41 Å². The molecule has 17 heavy (non-hydrogen) atoms. The summed E-state index contributed by atoms with van der Waals surface area (Å²) in [5, 5.41) is 6.58. The van der Waals surface area contributed by atoms with Crippen LogP contribution in [-0.4, -0.2) is 23.1 Å². The zero-order chi connectivity index (χ0) is 12.5. The number of hydrogen-bond acceptors (Lipinski definition) is 4. The van der Waals surface area contributed by atoms with Gasteiger partial charge in [0.1, 0.15) is 5.82 Å². The molecule has 5 nitrogen and oxygen atoms in total. The maximum Gasteiger partial charge on any atom is 0.347 e. The first-order valence-electron chi connectivity index (χ1n) is 6.02. The van der Waals surface area contributed by atoms with Gasteiger partial charge in [-0.25, -0.2) is 4.79 Å². The van der Waals surface area contributed by atoms with Gasteiger partial charge >= 0.3 is 5.69 Å². The van der Waals surface area contributed by atoms with E-state index in [0.29, 0.717) is 0 Å². The average Bonchev–Trinajstić information content (AvgIpc) is 2.24. The lowest BCUT2D eigenvalue weighted by Gasteiger charge is -2.23. The predicted octanol–water partition coefficient (Wildman–Crippen LogP) is 0.874. The van der Waals surface area contributed by atoms with Gasteiger partial charge in [-0.15, -0.1) is 0 Å². The van der Waals surface area contributed by atoms with Gasteiger partial charge in [0.05, 0.1) is 0 Å². The molecule has 0 atom stereocenters. The van der Waals surface area contributed by atoms with E-state index < -0.39 is 0 Å². The fourth-order valence-electron chi connectivity index (χ4n) is 1.87. The summed E-state index contributed by atoms with van der Waals surface area (Å²) in [5.74, 6) is 0.728. The molecule has 1 aliphatic rings. The molecular weight excluding hydrogens is 216 g/mol. The first kappa shape index (κ1) is 12.1. The summed E-state index contributed by atoms with van der Waals surface area (Å²) >= 11 is 0. The maximum absolute atomic E-state index is 11.5. The van der Waals surface area contributed by atoms with Crippen LogP contribution >= 0.6 is 0 Å². The summed E-state index contributed by atoms with van der Waals surface area (Å²) < 4.78 is 0. The van der Waals surface area contributed by atoms with Crippen LogP contribution in [0.1, 0.15) is 32.0 Å². The summed E-state index contributed by atoms with van der Waals surface area (Å²) in [6, 6.07) is 0. The summed E-state index contributed by atoms with van der Waals surface area (Å²) in [5.41, 5.74) is 2.02. The minimum absolute atomic E-state index is 0.166. The summed E-state index contributed by atoms with van der Waals surface area (Å²) in [7, 11) is 0. The second-order valence-electron chi connectivity index (χ2n) is 5.69. The second kappa shape index (κ2) is 4.49. The molecule has 1 aliphatic heterocycles. The third-order valence-corrected chi connectivity index (χ3v) is 2.76. The molecule has 1 aromatic rings. The van der Waals surface area contributed by atoms with Crippen LogP contribution < -0.4 is 16.3 Å². The molecule has 0 radical (unpaired) electrons. The maximum atomic E-state index is 11.5. The highest BCUT2D eigenvalue weighted by molar-refractivity contribution is 5.46. The molecule has 0 aliphatic carbocycles. The monoisotopic (exact) mass is 236 g/mol. The van der Waals surface area contributed by atoms with Crippen molar-refractivity contribution in [3.63, 3.8) is 0 Å². The Morgan fingerprint density at radius 1 is 1.41 bits per heavy atom. The van der Waals surface area contributed by atoms with E-state index in [4.69, 9.17) is 0 Å². The van der Waals surface area contributed by atoms with E-state index in [1.807, 2.05) is 0 Å². The molecule has 0 aromatic carbocycles. The van der Waals surface area contributed by atoms with Crippen molar-refractivity contribution in [1.82, 2.24) is 15.3 Å². The average molecular weight is 236 g/mol. The van der Waals surface area contributed by atoms with Crippen molar-refractivity contribution < 1.29 is 0 Å². The molecule has 0 bridgehead atoms. The minimum atomic E-state index is -0.262. The number of aromatic nitrogens is 2. The Morgan fingerprint density at radius 3 is 2.88 bits per heavy atom. The third kappa shape index (κ3) is 3.06. The van der Waals surface area contributed by atoms with Crippen molar-refractivity contribution in [3.05, 3.63) is 21.7 Å². The van der Waals surface area contributed by atoms with Crippen LogP contribution in [0.15, 0.2) is 4.79 Å². The van der Waals surface area contributed by atoms with Crippen LogP contribution in [0.4, 0.5) is 5.82 Å². The number of anilines is 1. The largest absolute Gasteiger partial charge is 0.369 e. The molecule has 3 N–H and O–H groups in total. The molecule has 5 heteroatoms. The first-order chi connectivity index (χ1) is 7.96. The lowest BCUT2D eigenvalue weighted by Crippen LogP contribution is -2.31. The number of fused-ring (bicyclic) bond motifs is 1. The SMILES string of the molecule is CC(C)(C)CNc1nc(=O)[nH]c2c1CNCC2. The van der Waals surface area contributed by atoms with E-state index in [0.717, 1.165) is 43.1 Å². The van der Waals surface area contributed by atoms with Crippen molar-refractivity contribution in [2.45, 2.75) is 33.7 Å². The Labute approximate surface area is 101 Å². The summed E-state index contributed by atoms with van der Waals surface area (Å²) in [6.07, 6.45) is 0.858. The number of nitrogens with one attached hydrogen (secondary N) is 3. The number of aromatic amines is 1. The summed E-state index contributed by atoms with van der Waals surface area (Å²) in [6.45, 7) is 8.93. The Balaban J connectivity index is 2.26. The Morgan fingerprint density at radius 2 is 2.18 bits per heavy atom. The molecule has 94 valence electrons. The zero-order valence-electron chi connectivity index (χ0n) is 10.7. The Hall–Kier alpha value is -1.36.